The molecular weight excluding hydrogens is 182 g/mol. The number of hydrogen-bond donors (Lipinski definition) is 1. The highest BCUT2D eigenvalue weighted by Crippen LogP contribution is 2.10. The van der Waals surface area contributed by atoms with Gasteiger partial charge >= 0.3 is 5.97 Å². The van der Waals surface area contributed by atoms with Crippen molar-refractivity contribution in [3.05, 3.63) is 29.1 Å². The molecule has 0 amide bonds. The first kappa shape index (κ1) is 10.2. The van der Waals surface area contributed by atoms with Crippen LogP contribution in [0.3, 0.4) is 0 Å². The summed E-state index contributed by atoms with van der Waals surface area (Å²) in [4.78, 5) is 21.0. The van der Waals surface area contributed by atoms with Crippen LogP contribution in [-0.4, -0.2) is 21.9 Å². The highest BCUT2D eigenvalue weighted by atomic mass is 16.4. The zero-order valence-corrected chi connectivity index (χ0v) is 8.02. The summed E-state index contributed by atoms with van der Waals surface area (Å²) in [6.45, 7) is 1.51. The summed E-state index contributed by atoms with van der Waals surface area (Å²) < 4.78 is 1.70. The molecule has 1 heterocycles. The minimum absolute atomic E-state index is 0.239. The Morgan fingerprint density at radius 2 is 2.21 bits per heavy atom. The number of carboxylic acid groups (broad SMARTS) is 1. The second-order valence-corrected chi connectivity index (χ2v) is 3.06. The molecule has 0 unspecified atom stereocenters. The zero-order chi connectivity index (χ0) is 10.7. The van der Waals surface area contributed by atoms with Gasteiger partial charge in [-0.1, -0.05) is 0 Å². The van der Waals surface area contributed by atoms with Gasteiger partial charge in [-0.25, -0.2) is 4.79 Å². The number of carbonyl (C=O) groups excluding carboxylic acids is 1. The molecule has 0 fully saturated rings. The van der Waals surface area contributed by atoms with Crippen molar-refractivity contribution < 1.29 is 14.7 Å². The van der Waals surface area contributed by atoms with Gasteiger partial charge in [0.2, 0.25) is 0 Å². The molecule has 0 bridgehead atoms. The lowest BCUT2D eigenvalue weighted by atomic mass is 10.2. The van der Waals surface area contributed by atoms with Crippen molar-refractivity contribution in [2.45, 2.75) is 6.92 Å². The van der Waals surface area contributed by atoms with Crippen LogP contribution in [0, 0.1) is 0 Å². The van der Waals surface area contributed by atoms with E-state index in [1.807, 2.05) is 0 Å². The standard InChI is InChI=1S/C10H11NO3/c1-7(10(13)14)3-9-4-8(6-12)5-11(9)2/h3-6H,1-2H3,(H,13,14). The predicted molar refractivity (Wildman–Crippen MR) is 52.1 cm³/mol. The van der Waals surface area contributed by atoms with E-state index in [-0.39, 0.29) is 5.57 Å². The average Bonchev–Trinajstić information content (AvgIpc) is 2.47. The number of aromatic nitrogens is 1. The van der Waals surface area contributed by atoms with Gasteiger partial charge in [0.25, 0.3) is 0 Å². The first-order valence-corrected chi connectivity index (χ1v) is 4.07. The molecule has 0 spiro atoms. The fraction of sp³-hybridized carbons (Fsp3) is 0.200. The Balaban J connectivity index is 3.07. The third-order valence-corrected chi connectivity index (χ3v) is 1.90. The summed E-state index contributed by atoms with van der Waals surface area (Å²) in [6.07, 6.45) is 3.90. The quantitative estimate of drug-likeness (QED) is 0.581. The molecule has 74 valence electrons. The maximum Gasteiger partial charge on any atom is 0.331 e. The van der Waals surface area contributed by atoms with Crippen molar-refractivity contribution >= 4 is 18.3 Å². The monoisotopic (exact) mass is 193 g/mol. The molecule has 0 aromatic carbocycles. The third-order valence-electron chi connectivity index (χ3n) is 1.90. The molecule has 0 saturated heterocycles. The van der Waals surface area contributed by atoms with Gasteiger partial charge in [-0.2, -0.15) is 0 Å². The van der Waals surface area contributed by atoms with Crippen LogP contribution in [0.2, 0.25) is 0 Å². The van der Waals surface area contributed by atoms with Gasteiger partial charge in [-0.15, -0.1) is 0 Å². The van der Waals surface area contributed by atoms with Crippen molar-refractivity contribution in [1.82, 2.24) is 4.57 Å². The maximum atomic E-state index is 10.5. The van der Waals surface area contributed by atoms with Crippen LogP contribution in [0.25, 0.3) is 6.08 Å². The van der Waals surface area contributed by atoms with Crippen molar-refractivity contribution in [3.63, 3.8) is 0 Å². The van der Waals surface area contributed by atoms with Gasteiger partial charge < -0.3 is 9.67 Å². The van der Waals surface area contributed by atoms with E-state index in [0.717, 1.165) is 6.29 Å². The third kappa shape index (κ3) is 2.10. The van der Waals surface area contributed by atoms with E-state index in [1.54, 1.807) is 23.9 Å². The van der Waals surface area contributed by atoms with Gasteiger partial charge in [0.15, 0.2) is 6.29 Å². The number of aliphatic carboxylic acids is 1. The molecule has 1 aromatic heterocycles. The van der Waals surface area contributed by atoms with Gasteiger partial charge in [0.05, 0.1) is 0 Å². The lowest BCUT2D eigenvalue weighted by Crippen LogP contribution is -1.97. The summed E-state index contributed by atoms with van der Waals surface area (Å²) in [5.74, 6) is -0.959. The Labute approximate surface area is 81.5 Å². The van der Waals surface area contributed by atoms with Crippen LogP contribution in [0.1, 0.15) is 23.0 Å². The van der Waals surface area contributed by atoms with E-state index >= 15 is 0 Å². The number of aryl methyl sites for hydroxylation is 1. The molecule has 14 heavy (non-hydrogen) atoms. The van der Waals surface area contributed by atoms with E-state index in [4.69, 9.17) is 5.11 Å². The lowest BCUT2D eigenvalue weighted by molar-refractivity contribution is -0.132. The Hall–Kier alpha value is -1.84. The minimum atomic E-state index is -0.959. The predicted octanol–water partition coefficient (Wildman–Crippen LogP) is 1.33. The van der Waals surface area contributed by atoms with E-state index in [1.165, 1.54) is 13.0 Å². The van der Waals surface area contributed by atoms with Crippen LogP contribution in [-0.2, 0) is 11.8 Å². The summed E-state index contributed by atoms with van der Waals surface area (Å²) >= 11 is 0. The largest absolute Gasteiger partial charge is 0.478 e. The lowest BCUT2D eigenvalue weighted by Gasteiger charge is -1.96. The highest BCUT2D eigenvalue weighted by molar-refractivity contribution is 5.91. The summed E-state index contributed by atoms with van der Waals surface area (Å²) in [6, 6.07) is 1.64. The second-order valence-electron chi connectivity index (χ2n) is 3.06. The van der Waals surface area contributed by atoms with Crippen LogP contribution in [0.5, 0.6) is 0 Å². The fourth-order valence-corrected chi connectivity index (χ4v) is 1.10. The molecule has 0 aliphatic heterocycles. The van der Waals surface area contributed by atoms with E-state index in [2.05, 4.69) is 0 Å². The van der Waals surface area contributed by atoms with Crippen molar-refractivity contribution in [1.29, 1.82) is 0 Å². The Bertz CT molecular complexity index is 401. The number of carboxylic acids is 1. The first-order valence-electron chi connectivity index (χ1n) is 4.07. The molecule has 0 aliphatic rings. The normalized spacial score (nSPS) is 11.4. The average molecular weight is 193 g/mol. The van der Waals surface area contributed by atoms with Crippen LogP contribution >= 0.6 is 0 Å². The van der Waals surface area contributed by atoms with Crippen molar-refractivity contribution in [2.75, 3.05) is 0 Å². The number of carbonyl (C=O) groups is 2. The van der Waals surface area contributed by atoms with Crippen LogP contribution in [0.15, 0.2) is 17.8 Å². The minimum Gasteiger partial charge on any atom is -0.478 e. The number of aldehydes is 1. The number of hydrogen-bond acceptors (Lipinski definition) is 2. The van der Waals surface area contributed by atoms with E-state index in [0.29, 0.717) is 11.3 Å². The second kappa shape index (κ2) is 3.91. The SMILES string of the molecule is CC(=Cc1cc(C=O)cn1C)C(=O)O. The molecule has 1 N–H and O–H groups in total. The molecule has 4 nitrogen and oxygen atoms in total. The zero-order valence-electron chi connectivity index (χ0n) is 8.02. The van der Waals surface area contributed by atoms with E-state index < -0.39 is 5.97 Å². The molecular formula is C10H11NO3. The molecule has 0 aliphatic carbocycles. The van der Waals surface area contributed by atoms with Crippen LogP contribution < -0.4 is 0 Å². The van der Waals surface area contributed by atoms with Gasteiger partial charge in [0.1, 0.15) is 0 Å². The van der Waals surface area contributed by atoms with Gasteiger partial charge in [0, 0.05) is 30.1 Å². The number of rotatable bonds is 3. The molecule has 0 atom stereocenters. The Kier molecular flexibility index (Phi) is 2.86. The molecule has 0 radical (unpaired) electrons. The Morgan fingerprint density at radius 1 is 1.57 bits per heavy atom. The maximum absolute atomic E-state index is 10.5. The number of nitrogens with zero attached hydrogens (tertiary/aromatic N) is 1. The fourth-order valence-electron chi connectivity index (χ4n) is 1.10. The molecule has 1 aromatic rings. The summed E-state index contributed by atoms with van der Waals surface area (Å²) in [5.41, 5.74) is 1.48. The Morgan fingerprint density at radius 3 is 2.64 bits per heavy atom. The van der Waals surface area contributed by atoms with Gasteiger partial charge in [-0.3, -0.25) is 4.79 Å². The summed E-state index contributed by atoms with van der Waals surface area (Å²) in [7, 11) is 1.76. The van der Waals surface area contributed by atoms with Crippen molar-refractivity contribution in [2.24, 2.45) is 7.05 Å². The van der Waals surface area contributed by atoms with E-state index in [9.17, 15) is 9.59 Å². The highest BCUT2D eigenvalue weighted by Gasteiger charge is 2.03. The molecule has 1 rings (SSSR count). The first-order chi connectivity index (χ1) is 6.54. The molecule has 4 heteroatoms. The molecule has 0 saturated carbocycles. The van der Waals surface area contributed by atoms with Gasteiger partial charge in [-0.05, 0) is 19.1 Å². The van der Waals surface area contributed by atoms with Crippen molar-refractivity contribution in [3.8, 4) is 0 Å². The smallest absolute Gasteiger partial charge is 0.331 e. The summed E-state index contributed by atoms with van der Waals surface area (Å²) in [5, 5.41) is 8.65. The van der Waals surface area contributed by atoms with Crippen LogP contribution in [0.4, 0.5) is 0 Å². The topological polar surface area (TPSA) is 59.3 Å².